The van der Waals surface area contributed by atoms with E-state index in [0.29, 0.717) is 23.9 Å². The topological polar surface area (TPSA) is 63.2 Å². The molecule has 1 aliphatic rings. The average Bonchev–Trinajstić information content (AvgIpc) is 3.09. The summed E-state index contributed by atoms with van der Waals surface area (Å²) in [5.74, 6) is 1.85. The van der Waals surface area contributed by atoms with Crippen molar-refractivity contribution in [1.29, 1.82) is 0 Å². The second kappa shape index (κ2) is 10.9. The number of para-hydroxylation sites is 1. The Balaban J connectivity index is 0.00000156. The number of pyridine rings is 1. The zero-order valence-corrected chi connectivity index (χ0v) is 15.4. The minimum atomic E-state index is -0.158. The lowest BCUT2D eigenvalue weighted by Crippen LogP contribution is -2.27. The van der Waals surface area contributed by atoms with Crippen LogP contribution in [-0.2, 0) is 0 Å². The molecule has 3 rings (SSSR count). The van der Waals surface area contributed by atoms with Gasteiger partial charge in [-0.2, -0.15) is 0 Å². The predicted molar refractivity (Wildman–Crippen MR) is 103 cm³/mol. The zero-order chi connectivity index (χ0) is 15.9. The summed E-state index contributed by atoms with van der Waals surface area (Å²) >= 11 is 0. The fraction of sp³-hybridized carbons (Fsp3) is 0.333. The Morgan fingerprint density at radius 1 is 1.20 bits per heavy atom. The van der Waals surface area contributed by atoms with Crippen molar-refractivity contribution >= 4 is 30.7 Å². The second-order valence-corrected chi connectivity index (χ2v) is 5.70. The van der Waals surface area contributed by atoms with Crippen LogP contribution in [0.15, 0.2) is 48.7 Å². The second-order valence-electron chi connectivity index (χ2n) is 5.70. The third-order valence-electron chi connectivity index (χ3n) is 3.94. The number of hydrogen-bond donors (Lipinski definition) is 2. The molecule has 1 fully saturated rings. The van der Waals surface area contributed by atoms with Crippen LogP contribution in [0.4, 0.5) is 0 Å². The van der Waals surface area contributed by atoms with Gasteiger partial charge >= 0.3 is 0 Å². The summed E-state index contributed by atoms with van der Waals surface area (Å²) in [7, 11) is 0. The summed E-state index contributed by atoms with van der Waals surface area (Å²) in [5, 5.41) is 6.26. The summed E-state index contributed by atoms with van der Waals surface area (Å²) in [6.07, 6.45) is 3.78. The number of nitrogens with zero attached hydrogens (tertiary/aromatic N) is 1. The van der Waals surface area contributed by atoms with E-state index in [9.17, 15) is 4.79 Å². The molecule has 7 heteroatoms. The molecule has 0 aliphatic carbocycles. The van der Waals surface area contributed by atoms with Crippen LogP contribution in [0.5, 0.6) is 11.5 Å². The van der Waals surface area contributed by atoms with Gasteiger partial charge in [0.1, 0.15) is 17.2 Å². The Bertz CT molecular complexity index is 650. The van der Waals surface area contributed by atoms with Crippen molar-refractivity contribution in [3.8, 4) is 11.5 Å². The molecule has 1 aromatic heterocycles. The van der Waals surface area contributed by atoms with Gasteiger partial charge in [0.15, 0.2) is 0 Å². The molecule has 2 aromatic rings. The van der Waals surface area contributed by atoms with E-state index >= 15 is 0 Å². The van der Waals surface area contributed by atoms with Crippen LogP contribution in [0.1, 0.15) is 23.3 Å². The van der Waals surface area contributed by atoms with Gasteiger partial charge in [0.2, 0.25) is 0 Å². The van der Waals surface area contributed by atoms with E-state index in [-0.39, 0.29) is 30.7 Å². The number of ether oxygens (including phenoxy) is 1. The van der Waals surface area contributed by atoms with Crippen molar-refractivity contribution in [1.82, 2.24) is 15.6 Å². The maximum atomic E-state index is 12.2. The van der Waals surface area contributed by atoms with Crippen LogP contribution in [0.25, 0.3) is 0 Å². The Labute approximate surface area is 160 Å². The van der Waals surface area contributed by atoms with Crippen LogP contribution in [-0.4, -0.2) is 30.5 Å². The average molecular weight is 384 g/mol. The standard InChI is InChI=1S/C18H21N3O2.2ClH/c22-18(21-10-7-14-6-9-19-13-14)17-12-16(8-11-20-17)23-15-4-2-1-3-5-15;;/h1-5,8,11-12,14,19H,6-7,9-10,13H2,(H,21,22);2*1H. The summed E-state index contributed by atoms with van der Waals surface area (Å²) in [5.41, 5.74) is 0.378. The van der Waals surface area contributed by atoms with Gasteiger partial charge in [0, 0.05) is 18.8 Å². The van der Waals surface area contributed by atoms with Gasteiger partial charge in [-0.05, 0) is 50.0 Å². The molecule has 5 nitrogen and oxygen atoms in total. The molecule has 1 aliphatic heterocycles. The highest BCUT2D eigenvalue weighted by Crippen LogP contribution is 2.20. The van der Waals surface area contributed by atoms with Crippen LogP contribution < -0.4 is 15.4 Å². The number of nitrogens with one attached hydrogen (secondary N) is 2. The van der Waals surface area contributed by atoms with Crippen molar-refractivity contribution in [2.75, 3.05) is 19.6 Å². The maximum absolute atomic E-state index is 12.2. The van der Waals surface area contributed by atoms with E-state index in [1.807, 2.05) is 30.3 Å². The van der Waals surface area contributed by atoms with Gasteiger partial charge < -0.3 is 15.4 Å². The van der Waals surface area contributed by atoms with Crippen LogP contribution in [0.2, 0.25) is 0 Å². The molecule has 0 radical (unpaired) electrons. The van der Waals surface area contributed by atoms with Gasteiger partial charge in [-0.15, -0.1) is 24.8 Å². The number of hydrogen-bond acceptors (Lipinski definition) is 4. The molecule has 1 unspecified atom stereocenters. The van der Waals surface area contributed by atoms with E-state index in [2.05, 4.69) is 15.6 Å². The highest BCUT2D eigenvalue weighted by Gasteiger charge is 2.15. The summed E-state index contributed by atoms with van der Waals surface area (Å²) in [6, 6.07) is 12.9. The molecule has 1 aromatic carbocycles. The fourth-order valence-corrected chi connectivity index (χ4v) is 2.66. The number of carbonyl (C=O) groups is 1. The third-order valence-corrected chi connectivity index (χ3v) is 3.94. The molecule has 1 saturated heterocycles. The van der Waals surface area contributed by atoms with Gasteiger partial charge in [-0.3, -0.25) is 9.78 Å². The van der Waals surface area contributed by atoms with E-state index < -0.39 is 0 Å². The molecule has 1 amide bonds. The van der Waals surface area contributed by atoms with E-state index in [1.54, 1.807) is 18.3 Å². The van der Waals surface area contributed by atoms with Gasteiger partial charge in [0.05, 0.1) is 0 Å². The lowest BCUT2D eigenvalue weighted by atomic mass is 10.1. The molecule has 0 bridgehead atoms. The molecule has 2 heterocycles. The highest BCUT2D eigenvalue weighted by atomic mass is 35.5. The maximum Gasteiger partial charge on any atom is 0.270 e. The van der Waals surface area contributed by atoms with E-state index in [1.165, 1.54) is 6.42 Å². The first-order valence-corrected chi connectivity index (χ1v) is 7.99. The van der Waals surface area contributed by atoms with Crippen molar-refractivity contribution in [3.63, 3.8) is 0 Å². The summed E-state index contributed by atoms with van der Waals surface area (Å²) < 4.78 is 5.73. The smallest absolute Gasteiger partial charge is 0.270 e. The summed E-state index contributed by atoms with van der Waals surface area (Å²) in [4.78, 5) is 16.3. The van der Waals surface area contributed by atoms with Crippen LogP contribution in [0.3, 0.4) is 0 Å². The molecule has 1 atom stereocenters. The third kappa shape index (κ3) is 6.53. The first kappa shape index (κ1) is 21.2. The fourth-order valence-electron chi connectivity index (χ4n) is 2.66. The van der Waals surface area contributed by atoms with Gasteiger partial charge in [-0.1, -0.05) is 18.2 Å². The first-order chi connectivity index (χ1) is 11.3. The van der Waals surface area contributed by atoms with Crippen LogP contribution >= 0.6 is 24.8 Å². The lowest BCUT2D eigenvalue weighted by Gasteiger charge is -2.10. The van der Waals surface area contributed by atoms with E-state index in [4.69, 9.17) is 4.74 Å². The number of rotatable bonds is 6. The van der Waals surface area contributed by atoms with Crippen LogP contribution in [0, 0.1) is 5.92 Å². The molecule has 2 N–H and O–H groups in total. The number of amides is 1. The van der Waals surface area contributed by atoms with Crippen molar-refractivity contribution in [3.05, 3.63) is 54.4 Å². The normalized spacial score (nSPS) is 15.6. The first-order valence-electron chi connectivity index (χ1n) is 7.99. The monoisotopic (exact) mass is 383 g/mol. The van der Waals surface area contributed by atoms with Crippen molar-refractivity contribution in [2.24, 2.45) is 5.92 Å². The lowest BCUT2D eigenvalue weighted by molar-refractivity contribution is 0.0946. The molecule has 0 saturated carbocycles. The number of benzene rings is 1. The molecule has 136 valence electrons. The molecular formula is C18H23Cl2N3O2. The Morgan fingerprint density at radius 2 is 2.00 bits per heavy atom. The largest absolute Gasteiger partial charge is 0.457 e. The molecular weight excluding hydrogens is 361 g/mol. The number of halogens is 2. The Hall–Kier alpha value is -1.82. The molecule has 25 heavy (non-hydrogen) atoms. The Kier molecular flexibility index (Phi) is 9.27. The summed E-state index contributed by atoms with van der Waals surface area (Å²) in [6.45, 7) is 2.81. The number of aromatic nitrogens is 1. The molecule has 0 spiro atoms. The highest BCUT2D eigenvalue weighted by molar-refractivity contribution is 5.92. The van der Waals surface area contributed by atoms with E-state index in [0.717, 1.165) is 25.3 Å². The Morgan fingerprint density at radius 3 is 2.72 bits per heavy atom. The van der Waals surface area contributed by atoms with Crippen molar-refractivity contribution in [2.45, 2.75) is 12.8 Å². The minimum absolute atomic E-state index is 0. The number of carbonyl (C=O) groups excluding carboxylic acids is 1. The SMILES string of the molecule is Cl.Cl.O=C(NCCC1CCNC1)c1cc(Oc2ccccc2)ccn1. The van der Waals surface area contributed by atoms with Crippen molar-refractivity contribution < 1.29 is 9.53 Å². The van der Waals surface area contributed by atoms with Gasteiger partial charge in [-0.25, -0.2) is 0 Å². The quantitative estimate of drug-likeness (QED) is 0.801. The zero-order valence-electron chi connectivity index (χ0n) is 13.8. The minimum Gasteiger partial charge on any atom is -0.457 e. The van der Waals surface area contributed by atoms with Gasteiger partial charge in [0.25, 0.3) is 5.91 Å². The predicted octanol–water partition coefficient (Wildman–Crippen LogP) is 3.45.